The average Bonchev–Trinajstić information content (AvgIpc) is 3.06. The summed E-state index contributed by atoms with van der Waals surface area (Å²) in [5, 5.41) is 39.7. The summed E-state index contributed by atoms with van der Waals surface area (Å²) in [6, 6.07) is 13.3. The number of carbonyl (C=O) groups excluding carboxylic acids is 2. The second-order valence-electron chi connectivity index (χ2n) is 6.74. The Morgan fingerprint density at radius 3 is 1.63 bits per heavy atom. The van der Waals surface area contributed by atoms with Gasteiger partial charge in [0.2, 0.25) is 0 Å². The number of nitrogens with zero attached hydrogens (tertiary/aromatic N) is 1. The Bertz CT molecular complexity index is 913. The van der Waals surface area contributed by atoms with E-state index in [4.69, 9.17) is 0 Å². The van der Waals surface area contributed by atoms with Gasteiger partial charge in [0.05, 0.1) is 5.71 Å². The van der Waals surface area contributed by atoms with Crippen LogP contribution in [-0.2, 0) is 20.8 Å². The van der Waals surface area contributed by atoms with E-state index in [2.05, 4.69) is 15.8 Å². The maximum Gasteiger partial charge on any atom is 0.261 e. The van der Waals surface area contributed by atoms with Crippen LogP contribution in [0.3, 0.4) is 0 Å². The minimum absolute atomic E-state index is 0.0845. The van der Waals surface area contributed by atoms with Gasteiger partial charge in [-0.15, -0.1) is 0 Å². The Morgan fingerprint density at radius 1 is 0.815 bits per heavy atom. The minimum atomic E-state index is -1.96. The topological polar surface area (TPSA) is 131 Å². The van der Waals surface area contributed by atoms with Crippen LogP contribution in [0.4, 0.5) is 11.4 Å². The largest absolute Gasteiger partial charge is 0.411 e. The van der Waals surface area contributed by atoms with Gasteiger partial charge in [0.25, 0.3) is 11.8 Å². The van der Waals surface area contributed by atoms with Crippen molar-refractivity contribution in [1.29, 1.82) is 0 Å². The predicted molar refractivity (Wildman–Crippen MR) is 96.4 cm³/mol. The molecule has 0 bridgehead atoms. The Kier molecular flexibility index (Phi) is 3.76. The first kappa shape index (κ1) is 17.2. The van der Waals surface area contributed by atoms with Crippen LogP contribution in [0.25, 0.3) is 0 Å². The molecule has 138 valence electrons. The van der Waals surface area contributed by atoms with Gasteiger partial charge in [-0.3, -0.25) is 9.59 Å². The van der Waals surface area contributed by atoms with Crippen LogP contribution in [0.2, 0.25) is 0 Å². The number of hydrogen-bond acceptors (Lipinski definition) is 6. The molecule has 0 aromatic heterocycles. The van der Waals surface area contributed by atoms with E-state index in [0.29, 0.717) is 22.5 Å². The van der Waals surface area contributed by atoms with E-state index in [1.165, 1.54) is 0 Å². The lowest BCUT2D eigenvalue weighted by Gasteiger charge is -2.25. The highest BCUT2D eigenvalue weighted by Gasteiger charge is 2.50. The molecule has 0 unspecified atom stereocenters. The van der Waals surface area contributed by atoms with Gasteiger partial charge in [0.15, 0.2) is 11.2 Å². The Morgan fingerprint density at radius 2 is 1.22 bits per heavy atom. The number of benzene rings is 2. The number of rotatable bonds is 4. The summed E-state index contributed by atoms with van der Waals surface area (Å²) in [6.45, 7) is 0. The summed E-state index contributed by atoms with van der Waals surface area (Å²) in [5.74, 6) is -1.32. The second-order valence-corrected chi connectivity index (χ2v) is 6.74. The molecule has 4 rings (SSSR count). The number of hydrogen-bond donors (Lipinski definition) is 5. The molecule has 27 heavy (non-hydrogen) atoms. The molecule has 2 aromatic carbocycles. The fourth-order valence-corrected chi connectivity index (χ4v) is 3.68. The van der Waals surface area contributed by atoms with Crippen LogP contribution in [0.15, 0.2) is 53.7 Å². The third-order valence-electron chi connectivity index (χ3n) is 5.05. The molecule has 8 heteroatoms. The van der Waals surface area contributed by atoms with Crippen LogP contribution in [-0.4, -0.2) is 32.9 Å². The highest BCUT2D eigenvalue weighted by Crippen LogP contribution is 2.42. The van der Waals surface area contributed by atoms with Crippen molar-refractivity contribution in [2.75, 3.05) is 10.6 Å². The average molecular weight is 367 g/mol. The number of aliphatic hydroxyl groups is 2. The normalized spacial score (nSPS) is 25.4. The standard InChI is InChI=1S/C19H17N3O5/c23-16-18(25,12-5-1-3-7-14(12)20-16)9-11(22-27)10-19(26)13-6-2-4-8-15(13)21-17(19)24/h1-8,25-27H,9-10H2,(H,20,23)(H,21,24)/t18-,19-/m1/s1. The lowest BCUT2D eigenvalue weighted by atomic mass is 9.83. The predicted octanol–water partition coefficient (Wildman–Crippen LogP) is 1.28. The van der Waals surface area contributed by atoms with Gasteiger partial charge in [-0.2, -0.15) is 0 Å². The lowest BCUT2D eigenvalue weighted by Crippen LogP contribution is -2.41. The van der Waals surface area contributed by atoms with Crippen molar-refractivity contribution in [2.24, 2.45) is 5.16 Å². The zero-order chi connectivity index (χ0) is 19.2. The summed E-state index contributed by atoms with van der Waals surface area (Å²) >= 11 is 0. The SMILES string of the molecule is O=C1Nc2ccccc2[C@]1(O)CC(C[C@]1(O)C(=O)Nc2ccccc21)=NO. The molecule has 0 fully saturated rings. The fraction of sp³-hybridized carbons (Fsp3) is 0.211. The maximum atomic E-state index is 12.3. The van der Waals surface area contributed by atoms with Crippen molar-refractivity contribution >= 4 is 28.9 Å². The van der Waals surface area contributed by atoms with Crippen molar-refractivity contribution in [2.45, 2.75) is 24.0 Å². The number of anilines is 2. The molecular formula is C19H17N3O5. The molecule has 2 aliphatic rings. The van der Waals surface area contributed by atoms with Gasteiger partial charge >= 0.3 is 0 Å². The first-order valence-electron chi connectivity index (χ1n) is 8.35. The monoisotopic (exact) mass is 367 g/mol. The molecule has 0 aliphatic carbocycles. The van der Waals surface area contributed by atoms with E-state index in [1.807, 2.05) is 0 Å². The van der Waals surface area contributed by atoms with E-state index in [9.17, 15) is 25.0 Å². The Labute approximate surface area is 154 Å². The van der Waals surface area contributed by atoms with E-state index in [1.54, 1.807) is 48.5 Å². The summed E-state index contributed by atoms with van der Waals surface area (Å²) in [5.41, 5.74) is -2.38. The van der Waals surface area contributed by atoms with Crippen molar-refractivity contribution < 1.29 is 25.0 Å². The van der Waals surface area contributed by atoms with E-state index in [-0.39, 0.29) is 18.6 Å². The second kappa shape index (κ2) is 5.90. The van der Waals surface area contributed by atoms with Crippen molar-refractivity contribution in [3.63, 3.8) is 0 Å². The van der Waals surface area contributed by atoms with E-state index < -0.39 is 23.0 Å². The number of carbonyl (C=O) groups is 2. The van der Waals surface area contributed by atoms with Crippen molar-refractivity contribution in [3.8, 4) is 0 Å². The number of para-hydroxylation sites is 2. The molecule has 0 spiro atoms. The highest BCUT2D eigenvalue weighted by atomic mass is 16.4. The first-order chi connectivity index (χ1) is 12.9. The Balaban J connectivity index is 1.65. The van der Waals surface area contributed by atoms with Gasteiger partial charge in [-0.1, -0.05) is 41.6 Å². The fourth-order valence-electron chi connectivity index (χ4n) is 3.68. The van der Waals surface area contributed by atoms with Gasteiger partial charge in [-0.05, 0) is 12.1 Å². The zero-order valence-corrected chi connectivity index (χ0v) is 14.1. The van der Waals surface area contributed by atoms with Crippen molar-refractivity contribution in [3.05, 3.63) is 59.7 Å². The van der Waals surface area contributed by atoms with Crippen LogP contribution < -0.4 is 10.6 Å². The molecule has 0 saturated heterocycles. The lowest BCUT2D eigenvalue weighted by molar-refractivity contribution is -0.133. The van der Waals surface area contributed by atoms with Gasteiger partial charge in [0.1, 0.15) is 0 Å². The molecule has 2 atom stereocenters. The molecule has 0 radical (unpaired) electrons. The quantitative estimate of drug-likeness (QED) is 0.316. The third kappa shape index (κ3) is 2.49. The smallest absolute Gasteiger partial charge is 0.261 e. The van der Waals surface area contributed by atoms with Crippen molar-refractivity contribution in [1.82, 2.24) is 0 Å². The molecule has 5 N–H and O–H groups in total. The van der Waals surface area contributed by atoms with Gasteiger partial charge in [-0.25, -0.2) is 0 Å². The number of oxime groups is 1. The summed E-state index contributed by atoms with van der Waals surface area (Å²) in [7, 11) is 0. The summed E-state index contributed by atoms with van der Waals surface area (Å²) in [4.78, 5) is 24.7. The van der Waals surface area contributed by atoms with Crippen LogP contribution in [0, 0.1) is 0 Å². The Hall–Kier alpha value is -3.23. The van der Waals surface area contributed by atoms with E-state index >= 15 is 0 Å². The summed E-state index contributed by atoms with van der Waals surface area (Å²) < 4.78 is 0. The molecule has 2 amide bonds. The number of amides is 2. The summed E-state index contributed by atoms with van der Waals surface area (Å²) in [6.07, 6.45) is -0.742. The molecule has 2 aromatic rings. The molecule has 2 heterocycles. The van der Waals surface area contributed by atoms with Crippen LogP contribution in [0.1, 0.15) is 24.0 Å². The molecule has 8 nitrogen and oxygen atoms in total. The van der Waals surface area contributed by atoms with Gasteiger partial charge in [0, 0.05) is 35.3 Å². The van der Waals surface area contributed by atoms with Crippen LogP contribution >= 0.6 is 0 Å². The zero-order valence-electron chi connectivity index (χ0n) is 14.1. The number of fused-ring (bicyclic) bond motifs is 2. The molecular weight excluding hydrogens is 350 g/mol. The van der Waals surface area contributed by atoms with Gasteiger partial charge < -0.3 is 26.1 Å². The molecule has 2 aliphatic heterocycles. The highest BCUT2D eigenvalue weighted by molar-refractivity contribution is 6.10. The van der Waals surface area contributed by atoms with E-state index in [0.717, 1.165) is 0 Å². The number of nitrogens with one attached hydrogen (secondary N) is 2. The minimum Gasteiger partial charge on any atom is -0.411 e. The van der Waals surface area contributed by atoms with Crippen LogP contribution in [0.5, 0.6) is 0 Å². The molecule has 0 saturated carbocycles. The first-order valence-corrected chi connectivity index (χ1v) is 8.35. The maximum absolute atomic E-state index is 12.3. The third-order valence-corrected chi connectivity index (χ3v) is 5.05.